The summed E-state index contributed by atoms with van der Waals surface area (Å²) in [6.45, 7) is 1.98. The van der Waals surface area contributed by atoms with Gasteiger partial charge in [0.2, 0.25) is 0 Å². The van der Waals surface area contributed by atoms with E-state index in [4.69, 9.17) is 5.73 Å². The molecule has 1 heterocycles. The lowest BCUT2D eigenvalue weighted by atomic mass is 10.2. The van der Waals surface area contributed by atoms with Gasteiger partial charge in [-0.2, -0.15) is 5.10 Å². The number of nitrogens with zero attached hydrogens (tertiary/aromatic N) is 1. The predicted octanol–water partition coefficient (Wildman–Crippen LogP) is 2.32. The third-order valence-electron chi connectivity index (χ3n) is 2.29. The minimum absolute atomic E-state index is 0.255. The van der Waals surface area contributed by atoms with Crippen molar-refractivity contribution in [3.05, 3.63) is 40.0 Å². The molecule has 0 saturated carbocycles. The predicted molar refractivity (Wildman–Crippen MR) is 69.8 cm³/mol. The van der Waals surface area contributed by atoms with Gasteiger partial charge in [-0.1, -0.05) is 6.07 Å². The third-order valence-corrected chi connectivity index (χ3v) is 2.94. The largest absolute Gasteiger partial charge is 0.383 e. The first-order chi connectivity index (χ1) is 8.08. The van der Waals surface area contributed by atoms with E-state index in [1.54, 1.807) is 0 Å². The number of carbonyl (C=O) groups excluding carboxylic acids is 1. The van der Waals surface area contributed by atoms with Crippen LogP contribution in [0.25, 0.3) is 0 Å². The maximum Gasteiger partial charge on any atom is 0.261 e. The Morgan fingerprint density at radius 3 is 2.88 bits per heavy atom. The molecule has 2 rings (SSSR count). The van der Waals surface area contributed by atoms with E-state index in [1.165, 1.54) is 6.20 Å². The first-order valence-corrected chi connectivity index (χ1v) is 5.73. The number of halogens is 1. The number of aryl methyl sites for hydroxylation is 1. The SMILES string of the molecule is Cc1ccc(NC(=O)c2cn[nH]c2N)c(Br)c1. The third kappa shape index (κ3) is 2.47. The van der Waals surface area contributed by atoms with Gasteiger partial charge in [0.1, 0.15) is 11.4 Å². The molecule has 0 bridgehead atoms. The molecule has 0 aliphatic carbocycles. The summed E-state index contributed by atoms with van der Waals surface area (Å²) in [5.74, 6) is -0.0356. The Balaban J connectivity index is 2.22. The van der Waals surface area contributed by atoms with Crippen LogP contribution < -0.4 is 11.1 Å². The average Bonchev–Trinajstić information content (AvgIpc) is 2.68. The van der Waals surface area contributed by atoms with Gasteiger partial charge >= 0.3 is 0 Å². The van der Waals surface area contributed by atoms with Crippen molar-refractivity contribution in [1.82, 2.24) is 10.2 Å². The molecule has 1 aromatic heterocycles. The number of anilines is 2. The van der Waals surface area contributed by atoms with E-state index in [2.05, 4.69) is 31.4 Å². The van der Waals surface area contributed by atoms with Crippen molar-refractivity contribution in [1.29, 1.82) is 0 Å². The number of nitrogen functional groups attached to an aromatic ring is 1. The molecule has 0 aliphatic rings. The molecule has 5 nitrogen and oxygen atoms in total. The van der Waals surface area contributed by atoms with Gasteiger partial charge < -0.3 is 11.1 Å². The summed E-state index contributed by atoms with van der Waals surface area (Å²) in [7, 11) is 0. The number of carbonyl (C=O) groups is 1. The topological polar surface area (TPSA) is 83.8 Å². The van der Waals surface area contributed by atoms with Crippen molar-refractivity contribution >= 4 is 33.3 Å². The van der Waals surface area contributed by atoms with Crippen LogP contribution in [0.15, 0.2) is 28.9 Å². The van der Waals surface area contributed by atoms with Gasteiger partial charge in [0.05, 0.1) is 11.9 Å². The van der Waals surface area contributed by atoms with Crippen molar-refractivity contribution in [2.75, 3.05) is 11.1 Å². The van der Waals surface area contributed by atoms with E-state index < -0.39 is 0 Å². The van der Waals surface area contributed by atoms with E-state index in [0.717, 1.165) is 10.0 Å². The molecule has 88 valence electrons. The van der Waals surface area contributed by atoms with Gasteiger partial charge in [-0.25, -0.2) is 0 Å². The average molecular weight is 295 g/mol. The fourth-order valence-corrected chi connectivity index (χ4v) is 1.98. The first kappa shape index (κ1) is 11.7. The van der Waals surface area contributed by atoms with Crippen LogP contribution in [0, 0.1) is 6.92 Å². The van der Waals surface area contributed by atoms with Crippen LogP contribution in [0.2, 0.25) is 0 Å². The van der Waals surface area contributed by atoms with E-state index in [9.17, 15) is 4.79 Å². The van der Waals surface area contributed by atoms with Crippen LogP contribution in [0.3, 0.4) is 0 Å². The molecular formula is C11H11BrN4O. The van der Waals surface area contributed by atoms with E-state index in [0.29, 0.717) is 11.3 Å². The van der Waals surface area contributed by atoms with Crippen molar-refractivity contribution in [3.8, 4) is 0 Å². The molecule has 1 amide bonds. The Morgan fingerprint density at radius 1 is 1.53 bits per heavy atom. The summed E-state index contributed by atoms with van der Waals surface area (Å²) in [6, 6.07) is 5.67. The normalized spacial score (nSPS) is 10.2. The van der Waals surface area contributed by atoms with E-state index >= 15 is 0 Å². The standard InChI is InChI=1S/C11H11BrN4O/c1-6-2-3-9(8(12)4-6)15-11(17)7-5-14-16-10(7)13/h2-5H,1H3,(H,15,17)(H3,13,14,16). The lowest BCUT2D eigenvalue weighted by molar-refractivity contribution is 0.102. The number of amides is 1. The van der Waals surface area contributed by atoms with Gasteiger partial charge in [0.15, 0.2) is 0 Å². The second-order valence-electron chi connectivity index (χ2n) is 3.63. The maximum absolute atomic E-state index is 11.9. The summed E-state index contributed by atoms with van der Waals surface area (Å²) in [4.78, 5) is 11.9. The molecule has 17 heavy (non-hydrogen) atoms. The molecule has 0 saturated heterocycles. The Kier molecular flexibility index (Phi) is 3.14. The first-order valence-electron chi connectivity index (χ1n) is 4.94. The molecule has 0 spiro atoms. The van der Waals surface area contributed by atoms with Crippen molar-refractivity contribution in [2.24, 2.45) is 0 Å². The van der Waals surface area contributed by atoms with Crippen molar-refractivity contribution in [3.63, 3.8) is 0 Å². The van der Waals surface area contributed by atoms with Gasteiger partial charge in [-0.15, -0.1) is 0 Å². The number of H-pyrrole nitrogens is 1. The lowest BCUT2D eigenvalue weighted by Gasteiger charge is -2.07. The molecule has 2 aromatic rings. The van der Waals surface area contributed by atoms with Crippen LogP contribution in [0.1, 0.15) is 15.9 Å². The molecule has 1 aromatic carbocycles. The monoisotopic (exact) mass is 294 g/mol. The highest BCUT2D eigenvalue weighted by molar-refractivity contribution is 9.10. The Labute approximate surface area is 107 Å². The second-order valence-corrected chi connectivity index (χ2v) is 4.49. The van der Waals surface area contributed by atoms with Gasteiger partial charge in [-0.3, -0.25) is 9.89 Å². The van der Waals surface area contributed by atoms with Crippen molar-refractivity contribution < 1.29 is 4.79 Å². The second kappa shape index (κ2) is 4.58. The number of hydrogen-bond acceptors (Lipinski definition) is 3. The molecule has 0 atom stereocenters. The minimum Gasteiger partial charge on any atom is -0.383 e. The van der Waals surface area contributed by atoms with Crippen LogP contribution in [-0.4, -0.2) is 16.1 Å². The molecule has 6 heteroatoms. The van der Waals surface area contributed by atoms with Gasteiger partial charge in [0, 0.05) is 4.47 Å². The zero-order chi connectivity index (χ0) is 12.4. The lowest BCUT2D eigenvalue weighted by Crippen LogP contribution is -2.13. The number of nitrogens with one attached hydrogen (secondary N) is 2. The summed E-state index contributed by atoms with van der Waals surface area (Å²) >= 11 is 3.39. The maximum atomic E-state index is 11.9. The summed E-state index contributed by atoms with van der Waals surface area (Å²) in [5.41, 5.74) is 7.70. The summed E-state index contributed by atoms with van der Waals surface area (Å²) in [5, 5.41) is 8.97. The van der Waals surface area contributed by atoms with Crippen LogP contribution in [-0.2, 0) is 0 Å². The molecule has 0 fully saturated rings. The Morgan fingerprint density at radius 2 is 2.29 bits per heavy atom. The minimum atomic E-state index is -0.291. The van der Waals surface area contributed by atoms with Crippen LogP contribution in [0.4, 0.5) is 11.5 Å². The van der Waals surface area contributed by atoms with Crippen molar-refractivity contribution in [2.45, 2.75) is 6.92 Å². The molecule has 0 aliphatic heterocycles. The molecular weight excluding hydrogens is 284 g/mol. The summed E-state index contributed by atoms with van der Waals surface area (Å²) in [6.07, 6.45) is 1.40. The molecule has 0 unspecified atom stereocenters. The van der Waals surface area contributed by atoms with E-state index in [1.807, 2.05) is 25.1 Å². The quantitative estimate of drug-likeness (QED) is 0.795. The number of benzene rings is 1. The smallest absolute Gasteiger partial charge is 0.261 e. The van der Waals surface area contributed by atoms with Crippen LogP contribution >= 0.6 is 15.9 Å². The fourth-order valence-electron chi connectivity index (χ4n) is 1.39. The fraction of sp³-hybridized carbons (Fsp3) is 0.0909. The van der Waals surface area contributed by atoms with Gasteiger partial charge in [-0.05, 0) is 40.5 Å². The number of rotatable bonds is 2. The number of nitrogens with two attached hydrogens (primary N) is 1. The van der Waals surface area contributed by atoms with Crippen LogP contribution in [0.5, 0.6) is 0 Å². The number of hydrogen-bond donors (Lipinski definition) is 3. The zero-order valence-electron chi connectivity index (χ0n) is 9.12. The highest BCUT2D eigenvalue weighted by Gasteiger charge is 2.12. The highest BCUT2D eigenvalue weighted by Crippen LogP contribution is 2.24. The summed E-state index contributed by atoms with van der Waals surface area (Å²) < 4.78 is 0.827. The Hall–Kier alpha value is -1.82. The molecule has 0 radical (unpaired) electrons. The zero-order valence-corrected chi connectivity index (χ0v) is 10.7. The molecule has 4 N–H and O–H groups in total. The number of aromatic nitrogens is 2. The van der Waals surface area contributed by atoms with Gasteiger partial charge in [0.25, 0.3) is 5.91 Å². The highest BCUT2D eigenvalue weighted by atomic mass is 79.9. The number of aromatic amines is 1. The van der Waals surface area contributed by atoms with E-state index in [-0.39, 0.29) is 11.7 Å². The Bertz CT molecular complexity index is 564.